The van der Waals surface area contributed by atoms with Crippen molar-refractivity contribution in [3.8, 4) is 0 Å². The number of benzene rings is 1. The van der Waals surface area contributed by atoms with Crippen LogP contribution in [-0.2, 0) is 31.5 Å². The summed E-state index contributed by atoms with van der Waals surface area (Å²) in [4.78, 5) is 13.4. The van der Waals surface area contributed by atoms with Crippen molar-refractivity contribution < 1.29 is 13.6 Å². The number of carbonyl (C=O) groups is 1. The molecular formula is C25H32F2N6OS. The summed E-state index contributed by atoms with van der Waals surface area (Å²) < 4.78 is 33.5. The first kappa shape index (κ1) is 25.2. The van der Waals surface area contributed by atoms with Gasteiger partial charge in [0.2, 0.25) is 6.41 Å². The maximum absolute atomic E-state index is 13.6. The Balaban J connectivity index is 0.000000165. The third kappa shape index (κ3) is 5.87. The van der Waals surface area contributed by atoms with E-state index in [9.17, 15) is 13.6 Å². The van der Waals surface area contributed by atoms with E-state index < -0.39 is 6.17 Å². The molecular weight excluding hydrogens is 470 g/mol. The van der Waals surface area contributed by atoms with Crippen LogP contribution in [0.1, 0.15) is 29.1 Å². The van der Waals surface area contributed by atoms with Gasteiger partial charge < -0.3 is 14.8 Å². The summed E-state index contributed by atoms with van der Waals surface area (Å²) in [6.07, 6.45) is 2.03. The molecule has 1 amide bonds. The van der Waals surface area contributed by atoms with Crippen molar-refractivity contribution >= 4 is 24.0 Å². The minimum Gasteiger partial charge on any atom is -0.368 e. The number of amides is 1. The zero-order valence-corrected chi connectivity index (χ0v) is 21.2. The molecule has 7 nitrogen and oxygen atoms in total. The Morgan fingerprint density at radius 1 is 1.23 bits per heavy atom. The van der Waals surface area contributed by atoms with Crippen molar-refractivity contribution in [2.24, 2.45) is 7.05 Å². The third-order valence-corrected chi connectivity index (χ3v) is 7.77. The largest absolute Gasteiger partial charge is 0.368 e. The number of nitrogens with zero attached hydrogens (tertiary/aromatic N) is 5. The fourth-order valence-electron chi connectivity index (χ4n) is 4.39. The molecule has 2 aliphatic rings. The normalized spacial score (nSPS) is 17.6. The Morgan fingerprint density at radius 3 is 2.74 bits per heavy atom. The molecule has 188 valence electrons. The number of hydrogen-bond acceptors (Lipinski definition) is 5. The Labute approximate surface area is 209 Å². The smallest absolute Gasteiger partial charge is 0.207 e. The van der Waals surface area contributed by atoms with Gasteiger partial charge in [-0.25, -0.2) is 13.1 Å². The SMILES string of the molecule is Cc1cc(SN2CCn3nccc3C2)c(C)n1C.O=CNCc1c(F)cccc1N1CCC(F)C1. The van der Waals surface area contributed by atoms with Crippen LogP contribution in [0, 0.1) is 19.7 Å². The van der Waals surface area contributed by atoms with Gasteiger partial charge in [-0.2, -0.15) is 5.10 Å². The molecule has 35 heavy (non-hydrogen) atoms. The zero-order valence-electron chi connectivity index (χ0n) is 20.4. The number of nitrogens with one attached hydrogen (secondary N) is 1. The zero-order chi connectivity index (χ0) is 24.9. The summed E-state index contributed by atoms with van der Waals surface area (Å²) in [5.41, 5.74) is 5.04. The molecule has 1 N–H and O–H groups in total. The first-order valence-corrected chi connectivity index (χ1v) is 12.5. The number of halogens is 2. The highest BCUT2D eigenvalue weighted by atomic mass is 32.2. The number of alkyl halides is 1. The Hall–Kier alpha value is -2.85. The molecule has 1 unspecified atom stereocenters. The highest BCUT2D eigenvalue weighted by molar-refractivity contribution is 7.97. The van der Waals surface area contributed by atoms with E-state index in [1.807, 2.05) is 23.0 Å². The van der Waals surface area contributed by atoms with E-state index in [-0.39, 0.29) is 18.9 Å². The third-order valence-electron chi connectivity index (χ3n) is 6.59. The van der Waals surface area contributed by atoms with Crippen LogP contribution in [0.2, 0.25) is 0 Å². The van der Waals surface area contributed by atoms with Gasteiger partial charge in [-0.3, -0.25) is 9.48 Å². The van der Waals surface area contributed by atoms with Crippen molar-refractivity contribution in [3.05, 3.63) is 65.0 Å². The molecule has 1 saturated heterocycles. The first-order chi connectivity index (χ1) is 16.9. The van der Waals surface area contributed by atoms with Crippen LogP contribution >= 0.6 is 11.9 Å². The number of rotatable bonds is 6. The number of aryl methyl sites for hydroxylation is 1. The molecule has 10 heteroatoms. The lowest BCUT2D eigenvalue weighted by molar-refractivity contribution is -0.109. The topological polar surface area (TPSA) is 58.3 Å². The van der Waals surface area contributed by atoms with Gasteiger partial charge in [0.15, 0.2) is 0 Å². The predicted molar refractivity (Wildman–Crippen MR) is 134 cm³/mol. The number of anilines is 1. The summed E-state index contributed by atoms with van der Waals surface area (Å²) in [6, 6.07) is 9.07. The maximum Gasteiger partial charge on any atom is 0.207 e. The Bertz CT molecular complexity index is 1160. The monoisotopic (exact) mass is 502 g/mol. The molecule has 1 aromatic carbocycles. The second-order valence-corrected chi connectivity index (χ2v) is 10.0. The fourth-order valence-corrected chi connectivity index (χ4v) is 5.53. The minimum absolute atomic E-state index is 0.124. The maximum atomic E-state index is 13.6. The van der Waals surface area contributed by atoms with E-state index in [2.05, 4.69) is 57.0 Å². The first-order valence-electron chi connectivity index (χ1n) is 11.8. The molecule has 1 fully saturated rings. The van der Waals surface area contributed by atoms with Gasteiger partial charge in [0.05, 0.1) is 18.8 Å². The number of aromatic nitrogens is 3. The molecule has 4 heterocycles. The van der Waals surface area contributed by atoms with Gasteiger partial charge in [-0.05, 0) is 56.5 Å². The molecule has 5 rings (SSSR count). The summed E-state index contributed by atoms with van der Waals surface area (Å²) in [7, 11) is 2.13. The van der Waals surface area contributed by atoms with Crippen molar-refractivity contribution in [2.75, 3.05) is 24.5 Å². The van der Waals surface area contributed by atoms with Crippen LogP contribution in [-0.4, -0.2) is 50.9 Å². The lowest BCUT2D eigenvalue weighted by Crippen LogP contribution is -2.28. The predicted octanol–water partition coefficient (Wildman–Crippen LogP) is 3.98. The minimum atomic E-state index is -0.856. The Kier molecular flexibility index (Phi) is 8.12. The fraction of sp³-hybridized carbons (Fsp3) is 0.440. The van der Waals surface area contributed by atoms with Crippen molar-refractivity contribution in [1.29, 1.82) is 0 Å². The molecule has 0 aliphatic carbocycles. The summed E-state index contributed by atoms with van der Waals surface area (Å²) in [5.74, 6) is -0.376. The van der Waals surface area contributed by atoms with E-state index in [1.54, 1.807) is 12.1 Å². The lowest BCUT2D eigenvalue weighted by atomic mass is 10.1. The van der Waals surface area contributed by atoms with Crippen molar-refractivity contribution in [2.45, 2.75) is 51.0 Å². The average molecular weight is 503 g/mol. The summed E-state index contributed by atoms with van der Waals surface area (Å²) in [6.45, 7) is 8.34. The number of hydrogen-bond donors (Lipinski definition) is 1. The van der Waals surface area contributed by atoms with Crippen molar-refractivity contribution in [3.63, 3.8) is 0 Å². The van der Waals surface area contributed by atoms with E-state index in [4.69, 9.17) is 0 Å². The van der Waals surface area contributed by atoms with Crippen LogP contribution in [0.15, 0.2) is 41.4 Å². The molecule has 3 aromatic rings. The second kappa shape index (κ2) is 11.3. The van der Waals surface area contributed by atoms with Gasteiger partial charge in [-0.1, -0.05) is 6.07 Å². The standard InChI is InChI=1S/C13H18N4S.C12H14F2N2O/c1-10-8-13(11(2)15(10)3)18-16-6-7-17-12(9-16)4-5-14-17;13-9-4-5-16(7-9)12-3-1-2-11(14)10(12)6-15-8-17/h4-5,8H,6-7,9H2,1-3H3;1-3,8-9H,4-7H2,(H,15,17). The van der Waals surface area contributed by atoms with E-state index >= 15 is 0 Å². The van der Waals surface area contributed by atoms with Crippen LogP contribution < -0.4 is 10.2 Å². The van der Waals surface area contributed by atoms with Crippen LogP contribution in [0.5, 0.6) is 0 Å². The molecule has 0 spiro atoms. The van der Waals surface area contributed by atoms with Crippen LogP contribution in [0.25, 0.3) is 0 Å². The van der Waals surface area contributed by atoms with Crippen LogP contribution in [0.4, 0.5) is 14.5 Å². The Morgan fingerprint density at radius 2 is 2.06 bits per heavy atom. The number of carbonyl (C=O) groups excluding carboxylic acids is 1. The number of fused-ring (bicyclic) bond motifs is 1. The van der Waals surface area contributed by atoms with Gasteiger partial charge in [0, 0.05) is 67.0 Å². The molecule has 0 radical (unpaired) electrons. The van der Waals surface area contributed by atoms with E-state index in [0.29, 0.717) is 30.6 Å². The van der Waals surface area contributed by atoms with E-state index in [1.165, 1.54) is 28.0 Å². The highest BCUT2D eigenvalue weighted by Gasteiger charge is 2.24. The van der Waals surface area contributed by atoms with Crippen molar-refractivity contribution in [1.82, 2.24) is 24.0 Å². The quantitative estimate of drug-likeness (QED) is 0.408. The van der Waals surface area contributed by atoms with Crippen LogP contribution in [0.3, 0.4) is 0 Å². The average Bonchev–Trinajstić information content (AvgIpc) is 3.55. The second-order valence-electron chi connectivity index (χ2n) is 8.86. The molecule has 0 saturated carbocycles. The molecule has 0 bridgehead atoms. The lowest BCUT2D eigenvalue weighted by Gasteiger charge is -2.26. The molecule has 2 aromatic heterocycles. The van der Waals surface area contributed by atoms with Gasteiger partial charge in [0.25, 0.3) is 0 Å². The van der Waals surface area contributed by atoms with Gasteiger partial charge in [-0.15, -0.1) is 0 Å². The molecule has 1 atom stereocenters. The summed E-state index contributed by atoms with van der Waals surface area (Å²) in [5, 5.41) is 6.75. The van der Waals surface area contributed by atoms with E-state index in [0.717, 1.165) is 19.6 Å². The van der Waals surface area contributed by atoms with Gasteiger partial charge in [0.1, 0.15) is 12.0 Å². The highest BCUT2D eigenvalue weighted by Crippen LogP contribution is 2.31. The summed E-state index contributed by atoms with van der Waals surface area (Å²) >= 11 is 1.86. The van der Waals surface area contributed by atoms with Gasteiger partial charge >= 0.3 is 0 Å². The molecule has 2 aliphatic heterocycles.